The van der Waals surface area contributed by atoms with Crippen LogP contribution in [-0.4, -0.2) is 24.7 Å². The highest BCUT2D eigenvalue weighted by molar-refractivity contribution is 5.76. The van der Waals surface area contributed by atoms with E-state index in [1.54, 1.807) is 0 Å². The SMILES string of the molecule is CCOC(=O)[C@@H]1NC2CCC1C2. The number of rotatable bonds is 2. The van der Waals surface area contributed by atoms with Crippen LogP contribution in [-0.2, 0) is 9.53 Å². The van der Waals surface area contributed by atoms with Crippen LogP contribution in [0.25, 0.3) is 0 Å². The molecule has 2 bridgehead atoms. The van der Waals surface area contributed by atoms with Gasteiger partial charge in [0.05, 0.1) is 6.61 Å². The molecule has 2 fully saturated rings. The van der Waals surface area contributed by atoms with Gasteiger partial charge < -0.3 is 10.1 Å². The molecule has 0 aromatic heterocycles. The van der Waals surface area contributed by atoms with Crippen molar-refractivity contribution in [2.24, 2.45) is 5.92 Å². The van der Waals surface area contributed by atoms with Gasteiger partial charge >= 0.3 is 5.97 Å². The first-order valence-electron chi connectivity index (χ1n) is 4.74. The van der Waals surface area contributed by atoms with Gasteiger partial charge in [0.25, 0.3) is 0 Å². The molecule has 3 heteroatoms. The fraction of sp³-hybridized carbons (Fsp3) is 0.889. The minimum Gasteiger partial charge on any atom is -0.465 e. The van der Waals surface area contributed by atoms with Crippen molar-refractivity contribution in [3.8, 4) is 0 Å². The maximum atomic E-state index is 11.4. The summed E-state index contributed by atoms with van der Waals surface area (Å²) in [5, 5.41) is 3.30. The highest BCUT2D eigenvalue weighted by atomic mass is 16.5. The van der Waals surface area contributed by atoms with E-state index in [4.69, 9.17) is 4.74 Å². The number of carbonyl (C=O) groups is 1. The van der Waals surface area contributed by atoms with Crippen LogP contribution in [0.1, 0.15) is 26.2 Å². The predicted octanol–water partition coefficient (Wildman–Crippen LogP) is 0.690. The predicted molar refractivity (Wildman–Crippen MR) is 44.7 cm³/mol. The first-order valence-corrected chi connectivity index (χ1v) is 4.74. The van der Waals surface area contributed by atoms with Gasteiger partial charge in [-0.25, -0.2) is 0 Å². The molecule has 0 aromatic carbocycles. The van der Waals surface area contributed by atoms with E-state index in [0.29, 0.717) is 18.6 Å². The number of hydrogen-bond donors (Lipinski definition) is 1. The highest BCUT2D eigenvalue weighted by Gasteiger charge is 2.43. The number of esters is 1. The Hall–Kier alpha value is -0.570. The standard InChI is InChI=1S/C9H15NO2/c1-2-12-9(11)8-6-3-4-7(5-6)10-8/h6-8,10H,2-5H2,1H3/t6?,7?,8-/m1/s1. The molecule has 12 heavy (non-hydrogen) atoms. The summed E-state index contributed by atoms with van der Waals surface area (Å²) in [7, 11) is 0. The van der Waals surface area contributed by atoms with Crippen LogP contribution < -0.4 is 5.32 Å². The van der Waals surface area contributed by atoms with Gasteiger partial charge in [-0.15, -0.1) is 0 Å². The van der Waals surface area contributed by atoms with Gasteiger partial charge in [-0.2, -0.15) is 0 Å². The topological polar surface area (TPSA) is 38.3 Å². The van der Waals surface area contributed by atoms with E-state index in [-0.39, 0.29) is 12.0 Å². The van der Waals surface area contributed by atoms with Crippen molar-refractivity contribution < 1.29 is 9.53 Å². The number of ether oxygens (including phenoxy) is 1. The van der Waals surface area contributed by atoms with Gasteiger partial charge in [0.2, 0.25) is 0 Å². The molecule has 0 radical (unpaired) electrons. The molecule has 1 aliphatic carbocycles. The fourth-order valence-electron chi connectivity index (χ4n) is 2.35. The number of carbonyl (C=O) groups excluding carboxylic acids is 1. The minimum atomic E-state index is -0.0512. The van der Waals surface area contributed by atoms with Crippen molar-refractivity contribution in [2.45, 2.75) is 38.3 Å². The molecule has 0 amide bonds. The lowest BCUT2D eigenvalue weighted by Gasteiger charge is -2.20. The third kappa shape index (κ3) is 1.22. The Bertz CT molecular complexity index is 193. The third-order valence-corrected chi connectivity index (χ3v) is 2.90. The van der Waals surface area contributed by atoms with E-state index in [1.807, 2.05) is 6.92 Å². The van der Waals surface area contributed by atoms with E-state index >= 15 is 0 Å². The molecule has 68 valence electrons. The van der Waals surface area contributed by atoms with Crippen LogP contribution in [0.2, 0.25) is 0 Å². The molecule has 1 saturated carbocycles. The quantitative estimate of drug-likeness (QED) is 0.618. The van der Waals surface area contributed by atoms with Crippen molar-refractivity contribution in [1.29, 1.82) is 0 Å². The van der Waals surface area contributed by atoms with E-state index in [1.165, 1.54) is 19.3 Å². The van der Waals surface area contributed by atoms with Gasteiger partial charge in [0, 0.05) is 6.04 Å². The molecule has 1 N–H and O–H groups in total. The van der Waals surface area contributed by atoms with Crippen molar-refractivity contribution in [2.75, 3.05) is 6.61 Å². The molecule has 1 aliphatic heterocycles. The van der Waals surface area contributed by atoms with Crippen LogP contribution in [0.4, 0.5) is 0 Å². The molecule has 3 atom stereocenters. The Labute approximate surface area is 72.5 Å². The van der Waals surface area contributed by atoms with E-state index in [0.717, 1.165) is 0 Å². The lowest BCUT2D eigenvalue weighted by atomic mass is 10.0. The Balaban J connectivity index is 1.93. The molecule has 3 nitrogen and oxygen atoms in total. The smallest absolute Gasteiger partial charge is 0.323 e. The van der Waals surface area contributed by atoms with E-state index in [2.05, 4.69) is 5.32 Å². The zero-order valence-electron chi connectivity index (χ0n) is 7.38. The largest absolute Gasteiger partial charge is 0.465 e. The van der Waals surface area contributed by atoms with Crippen molar-refractivity contribution >= 4 is 5.97 Å². The molecule has 2 rings (SSSR count). The normalized spacial score (nSPS) is 38.6. The summed E-state index contributed by atoms with van der Waals surface area (Å²) in [6, 6.07) is 0.591. The summed E-state index contributed by atoms with van der Waals surface area (Å²) < 4.78 is 4.98. The molecular weight excluding hydrogens is 154 g/mol. The van der Waals surface area contributed by atoms with Crippen LogP contribution in [0.15, 0.2) is 0 Å². The van der Waals surface area contributed by atoms with Gasteiger partial charge in [0.15, 0.2) is 0 Å². The van der Waals surface area contributed by atoms with Gasteiger partial charge in [-0.05, 0) is 32.1 Å². The molecule has 0 spiro atoms. The summed E-state index contributed by atoms with van der Waals surface area (Å²) in [5.41, 5.74) is 0. The second-order valence-electron chi connectivity index (χ2n) is 3.67. The van der Waals surface area contributed by atoms with E-state index < -0.39 is 0 Å². The summed E-state index contributed by atoms with van der Waals surface area (Å²) in [4.78, 5) is 11.4. The van der Waals surface area contributed by atoms with E-state index in [9.17, 15) is 4.79 Å². The minimum absolute atomic E-state index is 0.00343. The van der Waals surface area contributed by atoms with Gasteiger partial charge in [-0.1, -0.05) is 0 Å². The molecule has 1 heterocycles. The first-order chi connectivity index (χ1) is 5.81. The zero-order chi connectivity index (χ0) is 8.55. The zero-order valence-corrected chi connectivity index (χ0v) is 7.38. The third-order valence-electron chi connectivity index (χ3n) is 2.90. The first kappa shape index (κ1) is 8.05. The maximum absolute atomic E-state index is 11.4. The fourth-order valence-corrected chi connectivity index (χ4v) is 2.35. The van der Waals surface area contributed by atoms with Crippen LogP contribution >= 0.6 is 0 Å². The number of piperidine rings is 1. The number of nitrogens with one attached hydrogen (secondary N) is 1. The lowest BCUT2D eigenvalue weighted by molar-refractivity contribution is -0.146. The van der Waals surface area contributed by atoms with Gasteiger partial charge in [-0.3, -0.25) is 4.79 Å². The van der Waals surface area contributed by atoms with Crippen molar-refractivity contribution in [3.63, 3.8) is 0 Å². The average molecular weight is 169 g/mol. The molecular formula is C9H15NO2. The van der Waals surface area contributed by atoms with Crippen LogP contribution in [0.3, 0.4) is 0 Å². The molecule has 2 aliphatic rings. The summed E-state index contributed by atoms with van der Waals surface area (Å²) in [5.74, 6) is 0.499. The average Bonchev–Trinajstić information content (AvgIpc) is 2.64. The van der Waals surface area contributed by atoms with Crippen LogP contribution in [0.5, 0.6) is 0 Å². The monoisotopic (exact) mass is 169 g/mol. The van der Waals surface area contributed by atoms with Crippen molar-refractivity contribution in [1.82, 2.24) is 5.32 Å². The lowest BCUT2D eigenvalue weighted by Crippen LogP contribution is -2.42. The Morgan fingerprint density at radius 2 is 2.42 bits per heavy atom. The summed E-state index contributed by atoms with van der Waals surface area (Å²) >= 11 is 0. The Morgan fingerprint density at radius 1 is 1.58 bits per heavy atom. The second-order valence-corrected chi connectivity index (χ2v) is 3.67. The van der Waals surface area contributed by atoms with Gasteiger partial charge in [0.1, 0.15) is 6.04 Å². The number of hydrogen-bond acceptors (Lipinski definition) is 3. The Morgan fingerprint density at radius 3 is 2.92 bits per heavy atom. The second kappa shape index (κ2) is 3.05. The molecule has 0 aromatic rings. The highest BCUT2D eigenvalue weighted by Crippen LogP contribution is 2.35. The summed E-state index contributed by atoms with van der Waals surface area (Å²) in [6.45, 7) is 2.35. The molecule has 2 unspecified atom stereocenters. The number of fused-ring (bicyclic) bond motifs is 2. The Kier molecular flexibility index (Phi) is 2.05. The molecule has 1 saturated heterocycles. The van der Waals surface area contributed by atoms with Crippen LogP contribution in [0, 0.1) is 5.92 Å². The van der Waals surface area contributed by atoms with Crippen molar-refractivity contribution in [3.05, 3.63) is 0 Å². The summed E-state index contributed by atoms with van der Waals surface area (Å²) in [6.07, 6.45) is 3.60. The maximum Gasteiger partial charge on any atom is 0.323 e.